The third-order valence-electron chi connectivity index (χ3n) is 5.82. The maximum absolute atomic E-state index is 14.9. The second kappa shape index (κ2) is 7.89. The summed E-state index contributed by atoms with van der Waals surface area (Å²) in [5.74, 6) is -1.74. The van der Waals surface area contributed by atoms with Crippen LogP contribution in [0.5, 0.6) is 0 Å². The predicted molar refractivity (Wildman–Crippen MR) is 99.9 cm³/mol. The van der Waals surface area contributed by atoms with Gasteiger partial charge in [0, 0.05) is 13.3 Å². The number of halogens is 1. The van der Waals surface area contributed by atoms with E-state index in [1.807, 2.05) is 0 Å². The number of cyclic esters (lactones) is 1. The molecule has 0 aromatic heterocycles. The molecule has 158 valence electrons. The van der Waals surface area contributed by atoms with Crippen LogP contribution in [0.15, 0.2) is 18.2 Å². The average Bonchev–Trinajstić information content (AvgIpc) is 3.30. The van der Waals surface area contributed by atoms with Crippen molar-refractivity contribution < 1.29 is 33.3 Å². The fourth-order valence-corrected chi connectivity index (χ4v) is 4.31. The van der Waals surface area contributed by atoms with Gasteiger partial charge in [0.2, 0.25) is 5.91 Å². The van der Waals surface area contributed by atoms with Crippen LogP contribution in [0.25, 0.3) is 0 Å². The number of amides is 2. The number of benzene rings is 1. The third-order valence-corrected chi connectivity index (χ3v) is 5.82. The molecule has 3 atom stereocenters. The lowest BCUT2D eigenvalue weighted by molar-refractivity contribution is -0.238. The van der Waals surface area contributed by atoms with Gasteiger partial charge in [-0.1, -0.05) is 6.07 Å². The van der Waals surface area contributed by atoms with Crippen LogP contribution in [0.3, 0.4) is 0 Å². The van der Waals surface area contributed by atoms with Crippen LogP contribution in [0.2, 0.25) is 0 Å². The topological polar surface area (TPSA) is 97.3 Å². The first-order valence-corrected chi connectivity index (χ1v) is 9.86. The first kappa shape index (κ1) is 20.1. The fraction of sp³-hybridized carbons (Fsp3) is 0.600. The van der Waals surface area contributed by atoms with Gasteiger partial charge in [0.25, 0.3) is 0 Å². The molecule has 2 heterocycles. The van der Waals surface area contributed by atoms with E-state index in [1.165, 1.54) is 17.9 Å². The fourth-order valence-electron chi connectivity index (χ4n) is 4.31. The Morgan fingerprint density at radius 1 is 1.38 bits per heavy atom. The van der Waals surface area contributed by atoms with Crippen LogP contribution in [-0.4, -0.2) is 61.4 Å². The number of nitrogens with zero attached hydrogens (tertiary/aromatic N) is 1. The van der Waals surface area contributed by atoms with Crippen LogP contribution >= 0.6 is 0 Å². The molecule has 9 heteroatoms. The van der Waals surface area contributed by atoms with Gasteiger partial charge in [-0.05, 0) is 36.5 Å². The Bertz CT molecular complexity index is 797. The molecule has 0 bridgehead atoms. The van der Waals surface area contributed by atoms with Crippen molar-refractivity contribution in [3.8, 4) is 0 Å². The van der Waals surface area contributed by atoms with Gasteiger partial charge in [-0.2, -0.15) is 0 Å². The van der Waals surface area contributed by atoms with Crippen LogP contribution in [0, 0.1) is 5.82 Å². The summed E-state index contributed by atoms with van der Waals surface area (Å²) >= 11 is 0. The third kappa shape index (κ3) is 3.94. The second-order valence-corrected chi connectivity index (χ2v) is 7.76. The summed E-state index contributed by atoms with van der Waals surface area (Å²) in [6, 6.07) is 4.65. The summed E-state index contributed by atoms with van der Waals surface area (Å²) < 4.78 is 31.3. The molecule has 2 N–H and O–H groups in total. The number of aliphatic hydroxyl groups excluding tert-OH is 1. The molecule has 3 fully saturated rings. The summed E-state index contributed by atoms with van der Waals surface area (Å²) in [5.41, 5.74) is 0.903. The summed E-state index contributed by atoms with van der Waals surface area (Å²) in [7, 11) is 0. The minimum atomic E-state index is -0.949. The molecule has 2 aliphatic heterocycles. The number of carbonyl (C=O) groups excluding carboxylic acids is 2. The van der Waals surface area contributed by atoms with Gasteiger partial charge in [-0.25, -0.2) is 9.18 Å². The zero-order valence-electron chi connectivity index (χ0n) is 16.2. The van der Waals surface area contributed by atoms with Gasteiger partial charge in [0.15, 0.2) is 5.79 Å². The summed E-state index contributed by atoms with van der Waals surface area (Å²) in [6.45, 7) is 2.75. The molecule has 2 saturated heterocycles. The molecule has 1 aromatic rings. The van der Waals surface area contributed by atoms with Crippen LogP contribution in [0.4, 0.5) is 14.9 Å². The Labute approximate surface area is 167 Å². The number of nitrogens with one attached hydrogen (secondary N) is 1. The molecule has 0 radical (unpaired) electrons. The van der Waals surface area contributed by atoms with Gasteiger partial charge in [0.05, 0.1) is 32.0 Å². The van der Waals surface area contributed by atoms with Crippen LogP contribution in [0.1, 0.15) is 37.7 Å². The molecule has 4 rings (SSSR count). The largest absolute Gasteiger partial charge is 0.442 e. The van der Waals surface area contributed by atoms with Crippen LogP contribution in [-0.2, 0) is 19.0 Å². The van der Waals surface area contributed by atoms with Gasteiger partial charge in [-0.15, -0.1) is 0 Å². The lowest BCUT2D eigenvalue weighted by Gasteiger charge is -2.39. The van der Waals surface area contributed by atoms with Crippen molar-refractivity contribution in [1.29, 1.82) is 0 Å². The number of hydrogen-bond acceptors (Lipinski definition) is 6. The van der Waals surface area contributed by atoms with E-state index in [4.69, 9.17) is 14.2 Å². The smallest absolute Gasteiger partial charge is 0.414 e. The highest BCUT2D eigenvalue weighted by molar-refractivity contribution is 5.89. The zero-order chi connectivity index (χ0) is 20.6. The van der Waals surface area contributed by atoms with E-state index in [0.717, 1.165) is 0 Å². The van der Waals surface area contributed by atoms with Crippen molar-refractivity contribution in [2.45, 2.75) is 50.1 Å². The van der Waals surface area contributed by atoms with Gasteiger partial charge < -0.3 is 24.6 Å². The standard InChI is InChI=1S/C20H25FN2O6/c1-12(24)22-10-15-11-23(19(26)29-15)14-2-3-16(17(21)9-14)13-4-5-20(18(25)8-13)27-6-7-28-20/h2-3,9,13,15,18,25H,4-8,10-11H2,1H3,(H,22,24)/t13-,15+,18+/m1/s1. The maximum atomic E-state index is 14.9. The highest BCUT2D eigenvalue weighted by Gasteiger charge is 2.48. The summed E-state index contributed by atoms with van der Waals surface area (Å²) in [4.78, 5) is 24.5. The molecule has 1 spiro atoms. The Morgan fingerprint density at radius 2 is 2.14 bits per heavy atom. The first-order chi connectivity index (χ1) is 13.9. The quantitative estimate of drug-likeness (QED) is 0.787. The zero-order valence-corrected chi connectivity index (χ0v) is 16.2. The average molecular weight is 408 g/mol. The minimum absolute atomic E-state index is 0.157. The van der Waals surface area contributed by atoms with E-state index in [2.05, 4.69) is 5.32 Å². The molecular formula is C20H25FN2O6. The lowest BCUT2D eigenvalue weighted by atomic mass is 9.79. The van der Waals surface area contributed by atoms with E-state index < -0.39 is 29.9 Å². The Hall–Kier alpha value is -2.23. The molecule has 0 unspecified atom stereocenters. The number of anilines is 1. The number of carbonyl (C=O) groups is 2. The van der Waals surface area contributed by atoms with Crippen molar-refractivity contribution in [2.75, 3.05) is 31.2 Å². The Morgan fingerprint density at radius 3 is 2.79 bits per heavy atom. The molecule has 1 saturated carbocycles. The van der Waals surface area contributed by atoms with Gasteiger partial charge in [0.1, 0.15) is 18.0 Å². The van der Waals surface area contributed by atoms with Gasteiger partial charge in [-0.3, -0.25) is 9.69 Å². The van der Waals surface area contributed by atoms with Crippen molar-refractivity contribution >= 4 is 17.7 Å². The van der Waals surface area contributed by atoms with E-state index in [9.17, 15) is 19.1 Å². The molecule has 3 aliphatic rings. The van der Waals surface area contributed by atoms with E-state index in [-0.39, 0.29) is 24.9 Å². The Kier molecular flexibility index (Phi) is 5.46. The number of hydrogen-bond donors (Lipinski definition) is 2. The summed E-state index contributed by atoms with van der Waals surface area (Å²) in [6.07, 6.45) is -0.378. The number of aliphatic hydroxyl groups is 1. The highest BCUT2D eigenvalue weighted by Crippen LogP contribution is 2.43. The highest BCUT2D eigenvalue weighted by atomic mass is 19.1. The van der Waals surface area contributed by atoms with Crippen molar-refractivity contribution in [1.82, 2.24) is 5.32 Å². The number of rotatable bonds is 4. The predicted octanol–water partition coefficient (Wildman–Crippen LogP) is 1.66. The SMILES string of the molecule is CC(=O)NC[C@H]1CN(c2ccc([C@@H]3CCC4(OCCO4)[C@@H](O)C3)c(F)c2)C(=O)O1. The monoisotopic (exact) mass is 408 g/mol. The molecule has 1 aliphatic carbocycles. The van der Waals surface area contributed by atoms with Crippen molar-refractivity contribution in [3.63, 3.8) is 0 Å². The van der Waals surface area contributed by atoms with Gasteiger partial charge >= 0.3 is 6.09 Å². The molecule has 8 nitrogen and oxygen atoms in total. The first-order valence-electron chi connectivity index (χ1n) is 9.86. The van der Waals surface area contributed by atoms with E-state index in [0.29, 0.717) is 43.7 Å². The van der Waals surface area contributed by atoms with Crippen molar-refractivity contribution in [3.05, 3.63) is 29.6 Å². The number of ether oxygens (including phenoxy) is 3. The van der Waals surface area contributed by atoms with E-state index in [1.54, 1.807) is 12.1 Å². The second-order valence-electron chi connectivity index (χ2n) is 7.76. The van der Waals surface area contributed by atoms with Crippen LogP contribution < -0.4 is 10.2 Å². The maximum Gasteiger partial charge on any atom is 0.414 e. The summed E-state index contributed by atoms with van der Waals surface area (Å²) in [5, 5.41) is 13.1. The molecule has 1 aromatic carbocycles. The lowest BCUT2D eigenvalue weighted by Crippen LogP contribution is -2.47. The minimum Gasteiger partial charge on any atom is -0.442 e. The molecule has 29 heavy (non-hydrogen) atoms. The molecular weight excluding hydrogens is 383 g/mol. The van der Waals surface area contributed by atoms with E-state index >= 15 is 0 Å². The Balaban J connectivity index is 1.43. The normalized spacial score (nSPS) is 28.6. The molecule has 2 amide bonds. The van der Waals surface area contributed by atoms with Crippen molar-refractivity contribution in [2.24, 2.45) is 0 Å².